The largest absolute Gasteiger partial charge is 0.388 e. The SMILES string of the molecule is O=C(CCC1OC(OC2OC(CCC(=O)Cc3ccccc3)C(O)C(O)C2O)C(O)C(O)C1O)Cc1ccccc1. The maximum atomic E-state index is 12.5. The Bertz CT molecular complexity index is 1030. The molecular formula is C30H38O11. The molecule has 2 aliphatic heterocycles. The first-order valence-electron chi connectivity index (χ1n) is 13.8. The van der Waals surface area contributed by atoms with Crippen molar-refractivity contribution >= 4 is 11.6 Å². The summed E-state index contributed by atoms with van der Waals surface area (Å²) in [4.78, 5) is 24.9. The zero-order valence-corrected chi connectivity index (χ0v) is 22.5. The van der Waals surface area contributed by atoms with Crippen molar-refractivity contribution in [2.75, 3.05) is 0 Å². The van der Waals surface area contributed by atoms with Crippen LogP contribution in [0.1, 0.15) is 36.8 Å². The molecule has 2 aromatic rings. The number of carbonyl (C=O) groups excluding carboxylic acids is 2. The topological polar surface area (TPSA) is 183 Å². The average molecular weight is 575 g/mol. The summed E-state index contributed by atoms with van der Waals surface area (Å²) in [7, 11) is 0. The monoisotopic (exact) mass is 574 g/mol. The zero-order chi connectivity index (χ0) is 29.5. The summed E-state index contributed by atoms with van der Waals surface area (Å²) in [5.41, 5.74) is 1.67. The van der Waals surface area contributed by atoms with E-state index in [-0.39, 0.29) is 50.1 Å². The molecule has 2 heterocycles. The first-order valence-corrected chi connectivity index (χ1v) is 13.8. The third-order valence-corrected chi connectivity index (χ3v) is 7.51. The molecule has 0 radical (unpaired) electrons. The molecule has 6 N–H and O–H groups in total. The molecule has 2 fully saturated rings. The maximum Gasteiger partial charge on any atom is 0.189 e. The van der Waals surface area contributed by atoms with Gasteiger partial charge in [0.05, 0.1) is 12.2 Å². The molecule has 4 rings (SSSR count). The van der Waals surface area contributed by atoms with Gasteiger partial charge in [-0.15, -0.1) is 0 Å². The smallest absolute Gasteiger partial charge is 0.189 e. The summed E-state index contributed by atoms with van der Waals surface area (Å²) in [6.07, 6.45) is -14.8. The number of Topliss-reactive ketones (excluding diaryl/α,β-unsaturated/α-hetero) is 2. The molecule has 2 saturated heterocycles. The Morgan fingerprint density at radius 3 is 1.29 bits per heavy atom. The van der Waals surface area contributed by atoms with Gasteiger partial charge in [0.2, 0.25) is 0 Å². The lowest BCUT2D eigenvalue weighted by molar-refractivity contribution is -0.374. The second kappa shape index (κ2) is 14.5. The summed E-state index contributed by atoms with van der Waals surface area (Å²) in [5, 5.41) is 62.7. The number of carbonyl (C=O) groups is 2. The Balaban J connectivity index is 1.33. The molecule has 41 heavy (non-hydrogen) atoms. The highest BCUT2D eigenvalue weighted by Gasteiger charge is 2.49. The van der Waals surface area contributed by atoms with Crippen LogP contribution in [0.5, 0.6) is 0 Å². The minimum absolute atomic E-state index is 0.0258. The fourth-order valence-corrected chi connectivity index (χ4v) is 5.10. The van der Waals surface area contributed by atoms with Crippen molar-refractivity contribution in [2.45, 2.75) is 99.9 Å². The number of rotatable bonds is 12. The highest BCUT2D eigenvalue weighted by Crippen LogP contribution is 2.30. The minimum atomic E-state index is -1.74. The number of aliphatic hydroxyl groups excluding tert-OH is 6. The van der Waals surface area contributed by atoms with E-state index >= 15 is 0 Å². The van der Waals surface area contributed by atoms with Gasteiger partial charge in [-0.05, 0) is 24.0 Å². The highest BCUT2D eigenvalue weighted by molar-refractivity contribution is 5.81. The van der Waals surface area contributed by atoms with Crippen LogP contribution in [-0.4, -0.2) is 104 Å². The molecular weight excluding hydrogens is 536 g/mol. The van der Waals surface area contributed by atoms with Crippen LogP contribution in [0.15, 0.2) is 60.7 Å². The van der Waals surface area contributed by atoms with E-state index in [4.69, 9.17) is 14.2 Å². The summed E-state index contributed by atoms with van der Waals surface area (Å²) >= 11 is 0. The van der Waals surface area contributed by atoms with Gasteiger partial charge >= 0.3 is 0 Å². The van der Waals surface area contributed by atoms with Crippen molar-refractivity contribution in [3.63, 3.8) is 0 Å². The van der Waals surface area contributed by atoms with Gasteiger partial charge in [0.25, 0.3) is 0 Å². The van der Waals surface area contributed by atoms with Crippen LogP contribution in [0.2, 0.25) is 0 Å². The van der Waals surface area contributed by atoms with Crippen molar-refractivity contribution < 1.29 is 54.4 Å². The predicted molar refractivity (Wildman–Crippen MR) is 143 cm³/mol. The van der Waals surface area contributed by atoms with Gasteiger partial charge in [-0.1, -0.05) is 60.7 Å². The Kier molecular flexibility index (Phi) is 11.1. The molecule has 0 spiro atoms. The van der Waals surface area contributed by atoms with E-state index < -0.39 is 61.4 Å². The van der Waals surface area contributed by atoms with Crippen LogP contribution >= 0.6 is 0 Å². The van der Waals surface area contributed by atoms with Crippen LogP contribution < -0.4 is 0 Å². The molecule has 2 aliphatic rings. The quantitative estimate of drug-likeness (QED) is 0.197. The lowest BCUT2D eigenvalue weighted by Gasteiger charge is -2.45. The highest BCUT2D eigenvalue weighted by atomic mass is 16.8. The van der Waals surface area contributed by atoms with Gasteiger partial charge in [0, 0.05) is 25.7 Å². The molecule has 11 nitrogen and oxygen atoms in total. The molecule has 10 atom stereocenters. The molecule has 0 saturated carbocycles. The standard InChI is InChI=1S/C30H38O11/c31-19(15-17-7-3-1-4-8-17)11-13-21-23(33)25(35)27(37)29(39-21)41-30-28(38)26(36)24(34)22(40-30)14-12-20(32)16-18-9-5-2-6-10-18/h1-10,21-30,33-38H,11-16H2. The Morgan fingerprint density at radius 2 is 0.927 bits per heavy atom. The van der Waals surface area contributed by atoms with Crippen LogP contribution in [0.3, 0.4) is 0 Å². The van der Waals surface area contributed by atoms with Gasteiger partial charge in [0.1, 0.15) is 48.2 Å². The lowest BCUT2D eigenvalue weighted by atomic mass is 9.93. The second-order valence-electron chi connectivity index (χ2n) is 10.6. The summed E-state index contributed by atoms with van der Waals surface area (Å²) in [6.45, 7) is 0. The fraction of sp³-hybridized carbons (Fsp3) is 0.533. The first kappa shape index (κ1) is 31.4. The predicted octanol–water partition coefficient (Wildman–Crippen LogP) is -0.198. The Labute approximate surface area is 237 Å². The lowest BCUT2D eigenvalue weighted by Crippen LogP contribution is -2.63. The molecule has 0 aromatic heterocycles. The van der Waals surface area contributed by atoms with Crippen LogP contribution in [0.4, 0.5) is 0 Å². The van der Waals surface area contributed by atoms with E-state index in [1.165, 1.54) is 0 Å². The van der Waals surface area contributed by atoms with E-state index in [0.717, 1.165) is 11.1 Å². The minimum Gasteiger partial charge on any atom is -0.388 e. The molecule has 10 unspecified atom stereocenters. The van der Waals surface area contributed by atoms with Crippen molar-refractivity contribution in [1.82, 2.24) is 0 Å². The first-order chi connectivity index (χ1) is 19.6. The van der Waals surface area contributed by atoms with E-state index in [9.17, 15) is 40.2 Å². The van der Waals surface area contributed by atoms with E-state index in [0.29, 0.717) is 0 Å². The molecule has 0 aliphatic carbocycles. The van der Waals surface area contributed by atoms with E-state index in [1.807, 2.05) is 60.7 Å². The normalized spacial score (nSPS) is 33.8. The van der Waals surface area contributed by atoms with Crippen LogP contribution in [0, 0.1) is 0 Å². The molecule has 11 heteroatoms. The van der Waals surface area contributed by atoms with Gasteiger partial charge in [-0.3, -0.25) is 9.59 Å². The molecule has 0 bridgehead atoms. The number of hydrogen-bond acceptors (Lipinski definition) is 11. The number of ketones is 2. The number of ether oxygens (including phenoxy) is 3. The fourth-order valence-electron chi connectivity index (χ4n) is 5.10. The summed E-state index contributed by atoms with van der Waals surface area (Å²) in [5.74, 6) is -0.226. The van der Waals surface area contributed by atoms with E-state index in [1.54, 1.807) is 0 Å². The van der Waals surface area contributed by atoms with Crippen LogP contribution in [-0.2, 0) is 36.6 Å². The Hall–Kier alpha value is -2.58. The molecule has 224 valence electrons. The van der Waals surface area contributed by atoms with Crippen LogP contribution in [0.25, 0.3) is 0 Å². The summed E-state index contributed by atoms with van der Waals surface area (Å²) in [6, 6.07) is 18.2. The second-order valence-corrected chi connectivity index (χ2v) is 10.6. The third kappa shape index (κ3) is 8.25. The van der Waals surface area contributed by atoms with E-state index in [2.05, 4.69) is 0 Å². The van der Waals surface area contributed by atoms with Gasteiger partial charge in [0.15, 0.2) is 12.6 Å². The van der Waals surface area contributed by atoms with Crippen molar-refractivity contribution in [1.29, 1.82) is 0 Å². The summed E-state index contributed by atoms with van der Waals surface area (Å²) < 4.78 is 16.9. The van der Waals surface area contributed by atoms with Gasteiger partial charge in [-0.25, -0.2) is 0 Å². The zero-order valence-electron chi connectivity index (χ0n) is 22.5. The molecule has 0 amide bonds. The third-order valence-electron chi connectivity index (χ3n) is 7.51. The average Bonchev–Trinajstić information content (AvgIpc) is 2.97. The van der Waals surface area contributed by atoms with Gasteiger partial charge in [-0.2, -0.15) is 0 Å². The maximum absolute atomic E-state index is 12.5. The van der Waals surface area contributed by atoms with Gasteiger partial charge < -0.3 is 44.8 Å². The van der Waals surface area contributed by atoms with Crippen molar-refractivity contribution in [3.05, 3.63) is 71.8 Å². The van der Waals surface area contributed by atoms with Crippen molar-refractivity contribution in [3.8, 4) is 0 Å². The van der Waals surface area contributed by atoms with Crippen molar-refractivity contribution in [2.24, 2.45) is 0 Å². The molecule has 2 aromatic carbocycles. The number of hydrogen-bond donors (Lipinski definition) is 6. The Morgan fingerprint density at radius 1 is 0.561 bits per heavy atom. The number of aliphatic hydroxyl groups is 6. The number of benzene rings is 2.